The fourth-order valence-electron chi connectivity index (χ4n) is 1.18. The maximum Gasteiger partial charge on any atom is 0.279 e. The van der Waals surface area contributed by atoms with E-state index in [4.69, 9.17) is 22.1 Å². The van der Waals surface area contributed by atoms with Crippen molar-refractivity contribution in [3.63, 3.8) is 0 Å². The summed E-state index contributed by atoms with van der Waals surface area (Å²) in [4.78, 5) is 5.41. The molecule has 1 heterocycles. The van der Waals surface area contributed by atoms with Crippen LogP contribution in [0.3, 0.4) is 0 Å². The molecule has 0 spiro atoms. The number of hydrogen-bond donors (Lipinski definition) is 1. The van der Waals surface area contributed by atoms with E-state index < -0.39 is 0 Å². The standard InChI is InChI=1S/C11H11ClN2OS/c1-6-7(2)16-11(14-6)15-10-5-8(13)3-4-9(10)12/h3-5H,13H2,1-2H3. The minimum absolute atomic E-state index is 0.528. The number of halogens is 1. The summed E-state index contributed by atoms with van der Waals surface area (Å²) in [7, 11) is 0. The van der Waals surface area contributed by atoms with Crippen LogP contribution in [0, 0.1) is 13.8 Å². The molecule has 0 radical (unpaired) electrons. The van der Waals surface area contributed by atoms with Gasteiger partial charge in [-0.1, -0.05) is 22.9 Å². The molecule has 2 aromatic rings. The number of rotatable bonds is 2. The third kappa shape index (κ3) is 2.28. The van der Waals surface area contributed by atoms with E-state index in [9.17, 15) is 0 Å². The van der Waals surface area contributed by atoms with E-state index >= 15 is 0 Å². The number of thiazole rings is 1. The second-order valence-electron chi connectivity index (χ2n) is 3.41. The fraction of sp³-hybridized carbons (Fsp3) is 0.182. The van der Waals surface area contributed by atoms with Crippen molar-refractivity contribution in [2.24, 2.45) is 0 Å². The van der Waals surface area contributed by atoms with Crippen molar-refractivity contribution in [2.45, 2.75) is 13.8 Å². The van der Waals surface area contributed by atoms with Gasteiger partial charge in [0.1, 0.15) is 0 Å². The lowest BCUT2D eigenvalue weighted by Gasteiger charge is -2.04. The number of nitrogens with two attached hydrogens (primary N) is 1. The Kier molecular flexibility index (Phi) is 3.03. The van der Waals surface area contributed by atoms with Crippen LogP contribution < -0.4 is 10.5 Å². The molecule has 84 valence electrons. The molecule has 0 aliphatic rings. The summed E-state index contributed by atoms with van der Waals surface area (Å²) in [5, 5.41) is 1.11. The van der Waals surface area contributed by atoms with Gasteiger partial charge in [0.05, 0.1) is 10.7 Å². The number of aryl methyl sites for hydroxylation is 2. The van der Waals surface area contributed by atoms with Crippen LogP contribution in [0.5, 0.6) is 10.9 Å². The molecular weight excluding hydrogens is 244 g/mol. The van der Waals surface area contributed by atoms with Crippen molar-refractivity contribution < 1.29 is 4.74 Å². The molecule has 2 rings (SSSR count). The highest BCUT2D eigenvalue weighted by molar-refractivity contribution is 7.13. The van der Waals surface area contributed by atoms with Gasteiger partial charge in [0.15, 0.2) is 5.75 Å². The SMILES string of the molecule is Cc1nc(Oc2cc(N)ccc2Cl)sc1C. The number of anilines is 1. The number of aromatic nitrogens is 1. The molecule has 0 amide bonds. The molecule has 0 unspecified atom stereocenters. The Morgan fingerprint density at radius 2 is 2.12 bits per heavy atom. The van der Waals surface area contributed by atoms with Gasteiger partial charge >= 0.3 is 0 Å². The van der Waals surface area contributed by atoms with Gasteiger partial charge in [-0.3, -0.25) is 0 Å². The predicted molar refractivity (Wildman–Crippen MR) is 67.5 cm³/mol. The summed E-state index contributed by atoms with van der Waals surface area (Å²) in [6.45, 7) is 3.94. The number of benzene rings is 1. The minimum Gasteiger partial charge on any atom is -0.429 e. The first-order valence-electron chi connectivity index (χ1n) is 4.73. The summed E-state index contributed by atoms with van der Waals surface area (Å²) in [6.07, 6.45) is 0. The number of ether oxygens (including phenoxy) is 1. The van der Waals surface area contributed by atoms with Crippen LogP contribution in [-0.2, 0) is 0 Å². The third-order valence-corrected chi connectivity index (χ3v) is 3.42. The first-order valence-corrected chi connectivity index (χ1v) is 5.92. The minimum atomic E-state index is 0.528. The van der Waals surface area contributed by atoms with Gasteiger partial charge in [0.2, 0.25) is 0 Å². The summed E-state index contributed by atoms with van der Waals surface area (Å²) >= 11 is 7.48. The molecule has 1 aromatic heterocycles. The largest absolute Gasteiger partial charge is 0.429 e. The average molecular weight is 255 g/mol. The van der Waals surface area contributed by atoms with E-state index in [0.717, 1.165) is 10.6 Å². The molecule has 1 aromatic carbocycles. The molecule has 2 N–H and O–H groups in total. The highest BCUT2D eigenvalue weighted by Crippen LogP contribution is 2.33. The van der Waals surface area contributed by atoms with Crippen LogP contribution in [0.15, 0.2) is 18.2 Å². The zero-order chi connectivity index (χ0) is 11.7. The molecule has 0 fully saturated rings. The lowest BCUT2D eigenvalue weighted by atomic mass is 10.3. The quantitative estimate of drug-likeness (QED) is 0.830. The smallest absolute Gasteiger partial charge is 0.279 e. The molecule has 0 aliphatic heterocycles. The predicted octanol–water partition coefficient (Wildman–Crippen LogP) is 3.79. The highest BCUT2D eigenvalue weighted by atomic mass is 35.5. The summed E-state index contributed by atoms with van der Waals surface area (Å²) < 4.78 is 5.59. The molecule has 0 aliphatic carbocycles. The van der Waals surface area contributed by atoms with E-state index in [1.165, 1.54) is 11.3 Å². The Bertz CT molecular complexity index is 505. The molecule has 0 bridgehead atoms. The van der Waals surface area contributed by atoms with Crippen molar-refractivity contribution in [1.29, 1.82) is 0 Å². The first kappa shape index (κ1) is 11.2. The van der Waals surface area contributed by atoms with Gasteiger partial charge in [0.25, 0.3) is 5.19 Å². The molecule has 0 saturated carbocycles. The molecule has 5 heteroatoms. The van der Waals surface area contributed by atoms with Crippen molar-refractivity contribution >= 4 is 28.6 Å². The Balaban J connectivity index is 2.29. The zero-order valence-corrected chi connectivity index (χ0v) is 10.5. The summed E-state index contributed by atoms with van der Waals surface area (Å²) in [6, 6.07) is 5.13. The first-order chi connectivity index (χ1) is 7.56. The Morgan fingerprint density at radius 1 is 1.38 bits per heavy atom. The van der Waals surface area contributed by atoms with Crippen molar-refractivity contribution in [3.05, 3.63) is 33.8 Å². The van der Waals surface area contributed by atoms with Gasteiger partial charge in [0, 0.05) is 16.6 Å². The van der Waals surface area contributed by atoms with Gasteiger partial charge in [-0.05, 0) is 26.0 Å². The van der Waals surface area contributed by atoms with Crippen LogP contribution in [0.4, 0.5) is 5.69 Å². The van der Waals surface area contributed by atoms with Crippen molar-refractivity contribution in [2.75, 3.05) is 5.73 Å². The van der Waals surface area contributed by atoms with Crippen LogP contribution in [0.2, 0.25) is 5.02 Å². The number of nitrogen functional groups attached to an aromatic ring is 1. The van der Waals surface area contributed by atoms with E-state index in [1.54, 1.807) is 18.2 Å². The lowest BCUT2D eigenvalue weighted by molar-refractivity contribution is 0.478. The molecule has 16 heavy (non-hydrogen) atoms. The molecule has 0 saturated heterocycles. The normalized spacial score (nSPS) is 10.4. The lowest BCUT2D eigenvalue weighted by Crippen LogP contribution is -1.88. The van der Waals surface area contributed by atoms with Crippen molar-refractivity contribution in [3.8, 4) is 10.9 Å². The summed E-state index contributed by atoms with van der Waals surface area (Å²) in [5.74, 6) is 0.537. The fourth-order valence-corrected chi connectivity index (χ4v) is 2.10. The van der Waals surface area contributed by atoms with E-state index in [-0.39, 0.29) is 0 Å². The van der Waals surface area contributed by atoms with Crippen LogP contribution in [0.25, 0.3) is 0 Å². The van der Waals surface area contributed by atoms with Crippen LogP contribution in [-0.4, -0.2) is 4.98 Å². The second-order valence-corrected chi connectivity index (χ2v) is 4.99. The Labute approximate surface area is 103 Å². The van der Waals surface area contributed by atoms with Gasteiger partial charge < -0.3 is 10.5 Å². The van der Waals surface area contributed by atoms with E-state index in [0.29, 0.717) is 21.7 Å². The van der Waals surface area contributed by atoms with Gasteiger partial charge in [-0.25, -0.2) is 4.98 Å². The molecule has 0 atom stereocenters. The van der Waals surface area contributed by atoms with Gasteiger partial charge in [-0.2, -0.15) is 0 Å². The Morgan fingerprint density at radius 3 is 2.75 bits per heavy atom. The number of hydrogen-bond acceptors (Lipinski definition) is 4. The monoisotopic (exact) mass is 254 g/mol. The second kappa shape index (κ2) is 4.31. The molecule has 3 nitrogen and oxygen atoms in total. The zero-order valence-electron chi connectivity index (χ0n) is 8.95. The van der Waals surface area contributed by atoms with Crippen molar-refractivity contribution in [1.82, 2.24) is 4.98 Å². The maximum atomic E-state index is 5.99. The van der Waals surface area contributed by atoms with E-state index in [1.807, 2.05) is 13.8 Å². The molecular formula is C11H11ClN2OS. The van der Waals surface area contributed by atoms with Gasteiger partial charge in [-0.15, -0.1) is 0 Å². The number of nitrogens with zero attached hydrogens (tertiary/aromatic N) is 1. The average Bonchev–Trinajstić information content (AvgIpc) is 2.52. The maximum absolute atomic E-state index is 5.99. The van der Waals surface area contributed by atoms with E-state index in [2.05, 4.69) is 4.98 Å². The highest BCUT2D eigenvalue weighted by Gasteiger charge is 2.08. The topological polar surface area (TPSA) is 48.1 Å². The summed E-state index contributed by atoms with van der Waals surface area (Å²) in [5.41, 5.74) is 7.25. The van der Waals surface area contributed by atoms with Crippen LogP contribution >= 0.6 is 22.9 Å². The Hall–Kier alpha value is -1.26. The third-order valence-electron chi connectivity index (χ3n) is 2.16. The van der Waals surface area contributed by atoms with Crippen LogP contribution in [0.1, 0.15) is 10.6 Å².